The Morgan fingerprint density at radius 3 is 3.00 bits per heavy atom. The van der Waals surface area contributed by atoms with Gasteiger partial charge in [0.15, 0.2) is 0 Å². The number of halogens is 1. The highest BCUT2D eigenvalue weighted by atomic mass is 79.9. The second kappa shape index (κ2) is 4.18. The van der Waals surface area contributed by atoms with E-state index in [0.29, 0.717) is 5.92 Å². The van der Waals surface area contributed by atoms with Crippen molar-refractivity contribution in [2.24, 2.45) is 0 Å². The Balaban J connectivity index is 2.06. The molecule has 0 atom stereocenters. The van der Waals surface area contributed by atoms with Crippen molar-refractivity contribution in [2.45, 2.75) is 18.8 Å². The Morgan fingerprint density at radius 2 is 2.19 bits per heavy atom. The largest absolute Gasteiger partial charge is 0.381 e. The van der Waals surface area contributed by atoms with Crippen LogP contribution >= 0.6 is 15.9 Å². The fourth-order valence-electron chi connectivity index (χ4n) is 2.27. The topological polar surface area (TPSA) is 26.5 Å². The van der Waals surface area contributed by atoms with Crippen LogP contribution in [0.25, 0.3) is 5.52 Å². The summed E-state index contributed by atoms with van der Waals surface area (Å²) in [5.74, 6) is 1.70. The van der Waals surface area contributed by atoms with Crippen LogP contribution in [0.2, 0.25) is 0 Å². The molecule has 1 aliphatic heterocycles. The zero-order valence-corrected chi connectivity index (χ0v) is 10.5. The van der Waals surface area contributed by atoms with E-state index in [1.807, 2.05) is 18.3 Å². The van der Waals surface area contributed by atoms with Gasteiger partial charge in [0.25, 0.3) is 0 Å². The second-order valence-electron chi connectivity index (χ2n) is 4.11. The molecule has 0 bridgehead atoms. The van der Waals surface area contributed by atoms with Crippen LogP contribution in [0.4, 0.5) is 0 Å². The number of hydrogen-bond acceptors (Lipinski definition) is 2. The molecule has 1 fully saturated rings. The highest BCUT2D eigenvalue weighted by Gasteiger charge is 2.20. The molecule has 3 nitrogen and oxygen atoms in total. The lowest BCUT2D eigenvalue weighted by molar-refractivity contribution is 0.0835. The molecular formula is C12H13BrN2O. The smallest absolute Gasteiger partial charge is 0.116 e. The fraction of sp³-hybridized carbons (Fsp3) is 0.417. The lowest BCUT2D eigenvalue weighted by atomic mass is 10.00. The van der Waals surface area contributed by atoms with Gasteiger partial charge >= 0.3 is 0 Å². The monoisotopic (exact) mass is 280 g/mol. The van der Waals surface area contributed by atoms with Gasteiger partial charge < -0.3 is 9.14 Å². The van der Waals surface area contributed by atoms with Crippen LogP contribution in [-0.4, -0.2) is 22.6 Å². The molecule has 1 aliphatic rings. The van der Waals surface area contributed by atoms with Crippen molar-refractivity contribution in [1.82, 2.24) is 9.38 Å². The third-order valence-electron chi connectivity index (χ3n) is 3.13. The third kappa shape index (κ3) is 1.66. The number of imidazole rings is 1. The molecule has 0 amide bonds. The Morgan fingerprint density at radius 1 is 1.38 bits per heavy atom. The van der Waals surface area contributed by atoms with Crippen molar-refractivity contribution >= 4 is 21.4 Å². The molecule has 0 radical (unpaired) electrons. The first-order chi connectivity index (χ1) is 7.86. The quantitative estimate of drug-likeness (QED) is 0.803. The summed E-state index contributed by atoms with van der Waals surface area (Å²) in [5, 5.41) is 0. The molecule has 0 spiro atoms. The van der Waals surface area contributed by atoms with Gasteiger partial charge in [0.2, 0.25) is 0 Å². The first-order valence-electron chi connectivity index (χ1n) is 5.55. The van der Waals surface area contributed by atoms with Gasteiger partial charge in [0.05, 0.1) is 11.7 Å². The lowest BCUT2D eigenvalue weighted by Crippen LogP contribution is -2.16. The van der Waals surface area contributed by atoms with Crippen LogP contribution in [0.3, 0.4) is 0 Å². The van der Waals surface area contributed by atoms with E-state index in [1.165, 1.54) is 5.82 Å². The zero-order chi connectivity index (χ0) is 11.0. The molecule has 4 heteroatoms. The normalized spacial score (nSPS) is 18.1. The predicted octanol–water partition coefficient (Wildman–Crippen LogP) is 2.99. The van der Waals surface area contributed by atoms with E-state index in [2.05, 4.69) is 31.5 Å². The van der Waals surface area contributed by atoms with Crippen LogP contribution < -0.4 is 0 Å². The summed E-state index contributed by atoms with van der Waals surface area (Å²) in [6.45, 7) is 1.71. The van der Waals surface area contributed by atoms with Crippen LogP contribution in [0.15, 0.2) is 29.0 Å². The minimum absolute atomic E-state index is 0.533. The number of aromatic nitrogens is 2. The Hall–Kier alpha value is -0.870. The first kappa shape index (κ1) is 10.3. The maximum absolute atomic E-state index is 5.39. The minimum atomic E-state index is 0.533. The summed E-state index contributed by atoms with van der Waals surface area (Å²) in [6.07, 6.45) is 6.17. The molecule has 3 heterocycles. The van der Waals surface area contributed by atoms with E-state index in [1.54, 1.807) is 0 Å². The van der Waals surface area contributed by atoms with Crippen molar-refractivity contribution in [3.63, 3.8) is 0 Å². The average Bonchev–Trinajstić information content (AvgIpc) is 2.75. The summed E-state index contributed by atoms with van der Waals surface area (Å²) < 4.78 is 8.67. The van der Waals surface area contributed by atoms with Crippen molar-refractivity contribution in [1.29, 1.82) is 0 Å². The van der Waals surface area contributed by atoms with E-state index < -0.39 is 0 Å². The summed E-state index contributed by atoms with van der Waals surface area (Å²) in [5.41, 5.74) is 1.14. The van der Waals surface area contributed by atoms with E-state index in [4.69, 9.17) is 4.74 Å². The van der Waals surface area contributed by atoms with Crippen molar-refractivity contribution in [3.8, 4) is 0 Å². The summed E-state index contributed by atoms with van der Waals surface area (Å²) in [6, 6.07) is 4.09. The molecule has 1 saturated heterocycles. The molecule has 16 heavy (non-hydrogen) atoms. The minimum Gasteiger partial charge on any atom is -0.381 e. The van der Waals surface area contributed by atoms with Gasteiger partial charge in [-0.3, -0.25) is 0 Å². The predicted molar refractivity (Wildman–Crippen MR) is 65.7 cm³/mol. The van der Waals surface area contributed by atoms with Gasteiger partial charge in [-0.15, -0.1) is 0 Å². The van der Waals surface area contributed by atoms with Crippen LogP contribution in [0, 0.1) is 0 Å². The summed E-state index contributed by atoms with van der Waals surface area (Å²) in [7, 11) is 0. The molecule has 84 valence electrons. The Kier molecular flexibility index (Phi) is 2.69. The SMILES string of the molecule is Brc1cccn2c(C3CCOCC3)ncc12. The van der Waals surface area contributed by atoms with Crippen molar-refractivity contribution < 1.29 is 4.74 Å². The van der Waals surface area contributed by atoms with E-state index in [9.17, 15) is 0 Å². The molecule has 3 rings (SSSR count). The van der Waals surface area contributed by atoms with Crippen molar-refractivity contribution in [2.75, 3.05) is 13.2 Å². The number of pyridine rings is 1. The van der Waals surface area contributed by atoms with Gasteiger partial charge in [-0.1, -0.05) is 0 Å². The van der Waals surface area contributed by atoms with Gasteiger partial charge in [0.1, 0.15) is 5.82 Å². The van der Waals surface area contributed by atoms with Gasteiger partial charge in [0, 0.05) is 29.8 Å². The van der Waals surface area contributed by atoms with Crippen LogP contribution in [-0.2, 0) is 4.74 Å². The lowest BCUT2D eigenvalue weighted by Gasteiger charge is -2.20. The van der Waals surface area contributed by atoms with Crippen molar-refractivity contribution in [3.05, 3.63) is 34.8 Å². The number of nitrogens with zero attached hydrogens (tertiary/aromatic N) is 2. The Bertz CT molecular complexity index is 503. The average molecular weight is 281 g/mol. The summed E-state index contributed by atoms with van der Waals surface area (Å²) in [4.78, 5) is 4.56. The molecule has 0 N–H and O–H groups in total. The number of hydrogen-bond donors (Lipinski definition) is 0. The molecule has 2 aromatic heterocycles. The molecule has 0 aromatic carbocycles. The van der Waals surface area contributed by atoms with Gasteiger partial charge in [-0.05, 0) is 40.9 Å². The highest BCUT2D eigenvalue weighted by Crippen LogP contribution is 2.28. The maximum Gasteiger partial charge on any atom is 0.116 e. The number of fused-ring (bicyclic) bond motifs is 1. The van der Waals surface area contributed by atoms with Gasteiger partial charge in [-0.25, -0.2) is 4.98 Å². The molecular weight excluding hydrogens is 268 g/mol. The fourth-order valence-corrected chi connectivity index (χ4v) is 2.71. The van der Waals surface area contributed by atoms with Crippen LogP contribution in [0.1, 0.15) is 24.6 Å². The van der Waals surface area contributed by atoms with Gasteiger partial charge in [-0.2, -0.15) is 0 Å². The van der Waals surface area contributed by atoms with E-state index >= 15 is 0 Å². The molecule has 0 aliphatic carbocycles. The number of ether oxygens (including phenoxy) is 1. The molecule has 2 aromatic rings. The first-order valence-corrected chi connectivity index (χ1v) is 6.35. The second-order valence-corrected chi connectivity index (χ2v) is 4.97. The van der Waals surface area contributed by atoms with E-state index in [-0.39, 0.29) is 0 Å². The molecule has 0 unspecified atom stereocenters. The zero-order valence-electron chi connectivity index (χ0n) is 8.90. The Labute approximate surface area is 103 Å². The summed E-state index contributed by atoms with van der Waals surface area (Å²) >= 11 is 3.55. The molecule has 0 saturated carbocycles. The maximum atomic E-state index is 5.39. The van der Waals surface area contributed by atoms with E-state index in [0.717, 1.165) is 36.0 Å². The highest BCUT2D eigenvalue weighted by molar-refractivity contribution is 9.10. The standard InChI is InChI=1S/C12H13BrN2O/c13-10-2-1-5-15-11(10)8-14-12(15)9-3-6-16-7-4-9/h1-2,5,8-9H,3-4,6-7H2. The number of rotatable bonds is 1. The van der Waals surface area contributed by atoms with Crippen LogP contribution in [0.5, 0.6) is 0 Å². The third-order valence-corrected chi connectivity index (χ3v) is 3.80.